The summed E-state index contributed by atoms with van der Waals surface area (Å²) in [6, 6.07) is 36.7. The molecule has 0 aliphatic rings. The molecule has 0 saturated heterocycles. The quantitative estimate of drug-likeness (QED) is 0.174. The van der Waals surface area contributed by atoms with Gasteiger partial charge in [-0.25, -0.2) is 15.0 Å². The summed E-state index contributed by atoms with van der Waals surface area (Å²) < 4.78 is 91.6. The monoisotopic (exact) mass is 780 g/mol. The lowest BCUT2D eigenvalue weighted by Crippen LogP contribution is -2.02. The molecular formula is C52H30N6S. The fourth-order valence-corrected chi connectivity index (χ4v) is 9.39. The number of hydrogen-bond donors (Lipinski definition) is 0. The Labute approximate surface area is 356 Å². The van der Waals surface area contributed by atoms with Crippen LogP contribution in [0.15, 0.2) is 182 Å². The number of rotatable bonds is 5. The van der Waals surface area contributed by atoms with Crippen molar-refractivity contribution in [2.75, 3.05) is 0 Å². The Hall–Kier alpha value is -7.92. The molecule has 0 radical (unpaired) electrons. The number of nitrogens with zero attached hydrogens (tertiary/aromatic N) is 6. The van der Waals surface area contributed by atoms with Crippen LogP contribution in [0.5, 0.6) is 0 Å². The molecule has 0 aliphatic carbocycles. The highest BCUT2D eigenvalue weighted by Crippen LogP contribution is 2.44. The van der Waals surface area contributed by atoms with Crippen molar-refractivity contribution < 1.29 is 13.7 Å². The molecule has 4 aromatic heterocycles. The summed E-state index contributed by atoms with van der Waals surface area (Å²) in [5.74, 6) is -0.928. The predicted molar refractivity (Wildman–Crippen MR) is 242 cm³/mol. The van der Waals surface area contributed by atoms with Crippen molar-refractivity contribution >= 4 is 75.1 Å². The highest BCUT2D eigenvalue weighted by molar-refractivity contribution is 7.25. The molecule has 12 rings (SSSR count). The molecule has 0 N–H and O–H groups in total. The molecule has 274 valence electrons. The van der Waals surface area contributed by atoms with Gasteiger partial charge in [-0.2, -0.15) is 5.26 Å². The number of thiophene rings is 1. The first-order valence-corrected chi connectivity index (χ1v) is 19.5. The summed E-state index contributed by atoms with van der Waals surface area (Å²) in [6.45, 7) is 0. The van der Waals surface area contributed by atoms with Crippen LogP contribution >= 0.6 is 11.3 Å². The maximum atomic E-state index is 11.1. The van der Waals surface area contributed by atoms with Crippen LogP contribution in [0, 0.1) is 11.3 Å². The third-order valence-electron chi connectivity index (χ3n) is 10.8. The van der Waals surface area contributed by atoms with Gasteiger partial charge in [0.15, 0.2) is 17.5 Å². The molecule has 59 heavy (non-hydrogen) atoms. The summed E-state index contributed by atoms with van der Waals surface area (Å²) in [5.41, 5.74) is 4.93. The molecule has 7 heteroatoms. The van der Waals surface area contributed by atoms with Crippen LogP contribution in [0.25, 0.3) is 109 Å². The molecule has 0 aliphatic heterocycles. The van der Waals surface area contributed by atoms with Gasteiger partial charge in [-0.3, -0.25) is 0 Å². The van der Waals surface area contributed by atoms with E-state index < -0.39 is 72.1 Å². The van der Waals surface area contributed by atoms with E-state index in [1.165, 1.54) is 20.2 Å². The van der Waals surface area contributed by atoms with Crippen molar-refractivity contribution in [1.29, 1.82) is 5.26 Å². The lowest BCUT2D eigenvalue weighted by molar-refractivity contribution is 1.07. The first kappa shape index (κ1) is 24.7. The maximum absolute atomic E-state index is 11.1. The van der Waals surface area contributed by atoms with Crippen molar-refractivity contribution in [3.05, 3.63) is 187 Å². The minimum Gasteiger partial charge on any atom is -0.309 e. The minimum atomic E-state index is -0.644. The first-order chi connectivity index (χ1) is 33.4. The SMILES string of the molecule is [2H]c1c([2H])c([2H])c(-c2nc(-c3ccc(-n4c5ccccc5c5ccc6c(c7ccccc7n6-c6ccc7sc8ccccc8c7c6)c54)c(C#N)c3)nc(-c3c([2H])c([2H])c([2H])c([2H])c3[2H])n2)c([2H])c1[2H]. The van der Waals surface area contributed by atoms with Crippen molar-refractivity contribution in [2.45, 2.75) is 0 Å². The number of hydrogen-bond acceptors (Lipinski definition) is 5. The summed E-state index contributed by atoms with van der Waals surface area (Å²) in [7, 11) is 0. The van der Waals surface area contributed by atoms with E-state index in [1.807, 2.05) is 30.3 Å². The zero-order valence-corrected chi connectivity index (χ0v) is 31.5. The number of benzene rings is 8. The van der Waals surface area contributed by atoms with Gasteiger partial charge in [0.25, 0.3) is 0 Å². The average molecular weight is 781 g/mol. The van der Waals surface area contributed by atoms with Gasteiger partial charge in [0.1, 0.15) is 6.07 Å². The van der Waals surface area contributed by atoms with Gasteiger partial charge in [0, 0.05) is 64.1 Å². The highest BCUT2D eigenvalue weighted by Gasteiger charge is 2.23. The average Bonchev–Trinajstić information content (AvgIpc) is 4.03. The van der Waals surface area contributed by atoms with Gasteiger partial charge in [0.2, 0.25) is 0 Å². The first-order valence-electron chi connectivity index (χ1n) is 23.7. The molecule has 0 amide bonds. The summed E-state index contributed by atoms with van der Waals surface area (Å²) in [4.78, 5) is 13.6. The van der Waals surface area contributed by atoms with Crippen molar-refractivity contribution in [3.63, 3.8) is 0 Å². The number of nitriles is 1. The molecule has 0 spiro atoms. The minimum absolute atomic E-state index is 0.139. The van der Waals surface area contributed by atoms with Crippen molar-refractivity contribution in [3.8, 4) is 51.6 Å². The van der Waals surface area contributed by atoms with E-state index in [0.29, 0.717) is 5.69 Å². The third-order valence-corrected chi connectivity index (χ3v) is 11.9. The summed E-state index contributed by atoms with van der Waals surface area (Å²) in [5, 5.41) is 17.4. The molecule has 12 aromatic rings. The van der Waals surface area contributed by atoms with Crippen LogP contribution in [0.2, 0.25) is 0 Å². The van der Waals surface area contributed by atoms with Gasteiger partial charge in [-0.1, -0.05) is 121 Å². The summed E-state index contributed by atoms with van der Waals surface area (Å²) in [6.07, 6.45) is 0. The molecule has 0 bridgehead atoms. The van der Waals surface area contributed by atoms with E-state index in [1.54, 1.807) is 29.5 Å². The van der Waals surface area contributed by atoms with E-state index in [0.717, 1.165) is 49.3 Å². The molecule has 0 atom stereocenters. The zero-order valence-electron chi connectivity index (χ0n) is 40.6. The Bertz CT molecular complexity index is 4160. The van der Waals surface area contributed by atoms with Gasteiger partial charge >= 0.3 is 0 Å². The predicted octanol–water partition coefficient (Wildman–Crippen LogP) is 13.3. The molecule has 0 unspecified atom stereocenters. The van der Waals surface area contributed by atoms with E-state index >= 15 is 0 Å². The molecule has 0 saturated carbocycles. The zero-order chi connectivity index (χ0) is 47.7. The second-order valence-corrected chi connectivity index (χ2v) is 15.1. The van der Waals surface area contributed by atoms with Gasteiger partial charge < -0.3 is 9.13 Å². The number of aromatic nitrogens is 5. The summed E-state index contributed by atoms with van der Waals surface area (Å²) >= 11 is 1.77. The molecule has 8 aromatic carbocycles. The number of para-hydroxylation sites is 2. The smallest absolute Gasteiger partial charge is 0.164 e. The molecule has 0 fully saturated rings. The van der Waals surface area contributed by atoms with Crippen LogP contribution in [0.4, 0.5) is 0 Å². The van der Waals surface area contributed by atoms with Gasteiger partial charge in [0.05, 0.1) is 47.0 Å². The Kier molecular flexibility index (Phi) is 5.46. The fourth-order valence-electron chi connectivity index (χ4n) is 8.30. The van der Waals surface area contributed by atoms with E-state index in [9.17, 15) is 5.26 Å². The Morgan fingerprint density at radius 1 is 0.492 bits per heavy atom. The van der Waals surface area contributed by atoms with Crippen LogP contribution in [-0.2, 0) is 0 Å². The van der Waals surface area contributed by atoms with Crippen LogP contribution < -0.4 is 0 Å². The lowest BCUT2D eigenvalue weighted by Gasteiger charge is -2.13. The lowest BCUT2D eigenvalue weighted by atomic mass is 10.1. The van der Waals surface area contributed by atoms with E-state index in [-0.39, 0.29) is 28.1 Å². The van der Waals surface area contributed by atoms with Crippen LogP contribution in [-0.4, -0.2) is 24.1 Å². The maximum Gasteiger partial charge on any atom is 0.164 e. The second kappa shape index (κ2) is 13.1. The van der Waals surface area contributed by atoms with Crippen LogP contribution in [0.3, 0.4) is 0 Å². The van der Waals surface area contributed by atoms with Gasteiger partial charge in [-0.15, -0.1) is 11.3 Å². The largest absolute Gasteiger partial charge is 0.309 e. The van der Waals surface area contributed by atoms with Crippen molar-refractivity contribution in [2.24, 2.45) is 0 Å². The Balaban J connectivity index is 1.11. The standard InChI is InChI=1S/C52H30N6S/c53-31-35-29-34(52-55-50(32-13-3-1-4-14-32)54-51(56-52)33-15-5-2-6-16-33)23-26-42(35)58-43-20-10-7-17-37(43)39-25-27-45-48(49(39)58)40-19-8-11-21-44(40)57(45)36-24-28-47-41(30-36)38-18-9-12-22-46(38)59-47/h1-30H/i1D,2D,3D,4D,5D,6D,13D,14D,15D,16D. The van der Waals surface area contributed by atoms with Crippen LogP contribution in [0.1, 0.15) is 19.3 Å². The second-order valence-electron chi connectivity index (χ2n) is 14.0. The normalized spacial score (nSPS) is 14.1. The van der Waals surface area contributed by atoms with Crippen molar-refractivity contribution in [1.82, 2.24) is 24.1 Å². The molecule has 4 heterocycles. The number of fused-ring (bicyclic) bond motifs is 10. The topological polar surface area (TPSA) is 72.3 Å². The Morgan fingerprint density at radius 3 is 1.81 bits per heavy atom. The van der Waals surface area contributed by atoms with E-state index in [2.05, 4.69) is 103 Å². The Morgan fingerprint density at radius 2 is 1.10 bits per heavy atom. The highest BCUT2D eigenvalue weighted by atomic mass is 32.1. The van der Waals surface area contributed by atoms with E-state index in [4.69, 9.17) is 13.7 Å². The molecule has 6 nitrogen and oxygen atoms in total. The molecular weight excluding hydrogens is 741 g/mol. The fraction of sp³-hybridized carbons (Fsp3) is 0. The van der Waals surface area contributed by atoms with Gasteiger partial charge in [-0.05, 0) is 60.7 Å². The third kappa shape index (κ3) is 5.14.